The Bertz CT molecular complexity index is 801. The molecule has 0 aliphatic heterocycles. The van der Waals surface area contributed by atoms with Crippen LogP contribution in [0, 0.1) is 0 Å². The van der Waals surface area contributed by atoms with Crippen LogP contribution in [-0.4, -0.2) is 30.7 Å². The fourth-order valence-corrected chi connectivity index (χ4v) is 2.34. The minimum Gasteiger partial charge on any atom is -0.478 e. The molecule has 3 heterocycles. The van der Waals surface area contributed by atoms with Gasteiger partial charge in [-0.1, -0.05) is 11.6 Å². The van der Waals surface area contributed by atoms with E-state index < -0.39 is 5.97 Å². The number of pyridine rings is 2. The third-order valence-electron chi connectivity index (χ3n) is 3.16. The van der Waals surface area contributed by atoms with E-state index in [0.29, 0.717) is 17.9 Å². The molecule has 1 N–H and O–H groups in total. The summed E-state index contributed by atoms with van der Waals surface area (Å²) in [6.45, 7) is 0. The number of hydrogen-bond donors (Lipinski definition) is 1. The highest BCUT2D eigenvalue weighted by molar-refractivity contribution is 6.33. The molecule has 3 aromatic heterocycles. The summed E-state index contributed by atoms with van der Waals surface area (Å²) in [5.74, 6) is -0.362. The lowest BCUT2D eigenvalue weighted by Gasteiger charge is -2.03. The molecular formula is C14H11ClN4O2. The number of halogens is 1. The van der Waals surface area contributed by atoms with Gasteiger partial charge in [0.25, 0.3) is 0 Å². The molecule has 0 saturated carbocycles. The standard InChI is InChI=1S/C14H11ClN4O2/c15-11-7-10(14(20)21)8-19-12(17-18-13(11)19)2-1-9-3-5-16-6-4-9/h3-8H,1-2H2,(H,20,21). The maximum Gasteiger partial charge on any atom is 0.337 e. The number of carboxylic acid groups (broad SMARTS) is 1. The number of aryl methyl sites for hydroxylation is 2. The van der Waals surface area contributed by atoms with E-state index >= 15 is 0 Å². The number of fused-ring (bicyclic) bond motifs is 1. The Morgan fingerprint density at radius 2 is 2.00 bits per heavy atom. The molecule has 7 heteroatoms. The van der Waals surface area contributed by atoms with E-state index in [9.17, 15) is 4.79 Å². The summed E-state index contributed by atoms with van der Waals surface area (Å²) in [5.41, 5.74) is 1.70. The molecule has 3 rings (SSSR count). The van der Waals surface area contributed by atoms with Crippen LogP contribution in [0.15, 0.2) is 36.8 Å². The summed E-state index contributed by atoms with van der Waals surface area (Å²) >= 11 is 6.04. The lowest BCUT2D eigenvalue weighted by Crippen LogP contribution is -2.03. The van der Waals surface area contributed by atoms with Crippen molar-refractivity contribution in [3.8, 4) is 0 Å². The number of hydrogen-bond acceptors (Lipinski definition) is 4. The van der Waals surface area contributed by atoms with Gasteiger partial charge in [0.05, 0.1) is 10.6 Å². The zero-order valence-electron chi connectivity index (χ0n) is 10.9. The van der Waals surface area contributed by atoms with Crippen molar-refractivity contribution in [2.24, 2.45) is 0 Å². The number of carboxylic acids is 1. The largest absolute Gasteiger partial charge is 0.478 e. The highest BCUT2D eigenvalue weighted by Crippen LogP contribution is 2.19. The molecule has 0 saturated heterocycles. The van der Waals surface area contributed by atoms with E-state index in [0.717, 1.165) is 12.0 Å². The van der Waals surface area contributed by atoms with Gasteiger partial charge in [-0.2, -0.15) is 0 Å². The van der Waals surface area contributed by atoms with Gasteiger partial charge in [0.2, 0.25) is 0 Å². The van der Waals surface area contributed by atoms with Crippen LogP contribution in [0.2, 0.25) is 5.02 Å². The number of aromatic carboxylic acids is 1. The van der Waals surface area contributed by atoms with Crippen LogP contribution in [0.3, 0.4) is 0 Å². The van der Waals surface area contributed by atoms with Crippen LogP contribution in [0.5, 0.6) is 0 Å². The van der Waals surface area contributed by atoms with E-state index in [1.54, 1.807) is 16.8 Å². The van der Waals surface area contributed by atoms with Crippen LogP contribution in [-0.2, 0) is 12.8 Å². The average molecular weight is 303 g/mol. The smallest absolute Gasteiger partial charge is 0.337 e. The predicted octanol–water partition coefficient (Wildman–Crippen LogP) is 2.26. The first-order valence-electron chi connectivity index (χ1n) is 6.30. The van der Waals surface area contributed by atoms with E-state index in [4.69, 9.17) is 16.7 Å². The van der Waals surface area contributed by atoms with Crippen molar-refractivity contribution in [2.75, 3.05) is 0 Å². The second-order valence-electron chi connectivity index (χ2n) is 4.55. The van der Waals surface area contributed by atoms with Gasteiger partial charge >= 0.3 is 5.97 Å². The zero-order chi connectivity index (χ0) is 14.8. The van der Waals surface area contributed by atoms with Gasteiger partial charge in [0.1, 0.15) is 5.82 Å². The fraction of sp³-hybridized carbons (Fsp3) is 0.143. The van der Waals surface area contributed by atoms with Crippen LogP contribution < -0.4 is 0 Å². The Morgan fingerprint density at radius 1 is 1.24 bits per heavy atom. The van der Waals surface area contributed by atoms with Crippen molar-refractivity contribution in [2.45, 2.75) is 12.8 Å². The molecule has 6 nitrogen and oxygen atoms in total. The monoisotopic (exact) mass is 302 g/mol. The number of carbonyl (C=O) groups is 1. The van der Waals surface area contributed by atoms with Crippen LogP contribution in [0.1, 0.15) is 21.7 Å². The second-order valence-corrected chi connectivity index (χ2v) is 4.95. The molecule has 3 aromatic rings. The lowest BCUT2D eigenvalue weighted by molar-refractivity contribution is 0.0696. The predicted molar refractivity (Wildman–Crippen MR) is 76.6 cm³/mol. The van der Waals surface area contributed by atoms with Crippen molar-refractivity contribution in [3.05, 3.63) is 58.8 Å². The molecule has 106 valence electrons. The van der Waals surface area contributed by atoms with Crippen LogP contribution in [0.25, 0.3) is 5.65 Å². The van der Waals surface area contributed by atoms with Gasteiger partial charge in [0, 0.05) is 25.0 Å². The molecule has 0 aliphatic carbocycles. The molecule has 0 aromatic carbocycles. The molecule has 0 spiro atoms. The molecule has 0 bridgehead atoms. The van der Waals surface area contributed by atoms with Crippen LogP contribution in [0.4, 0.5) is 0 Å². The summed E-state index contributed by atoms with van der Waals surface area (Å²) in [5, 5.41) is 17.5. The fourth-order valence-electron chi connectivity index (χ4n) is 2.09. The summed E-state index contributed by atoms with van der Waals surface area (Å²) in [6, 6.07) is 5.23. The molecule has 0 amide bonds. The molecule has 0 unspecified atom stereocenters. The van der Waals surface area contributed by atoms with Gasteiger partial charge in [-0.3, -0.25) is 9.38 Å². The topological polar surface area (TPSA) is 80.4 Å². The minimum atomic E-state index is -1.03. The van der Waals surface area contributed by atoms with Gasteiger partial charge in [-0.25, -0.2) is 4.79 Å². The molecular weight excluding hydrogens is 292 g/mol. The highest BCUT2D eigenvalue weighted by atomic mass is 35.5. The SMILES string of the molecule is O=C(O)c1cc(Cl)c2nnc(CCc3ccncc3)n2c1. The van der Waals surface area contributed by atoms with E-state index in [-0.39, 0.29) is 10.6 Å². The maximum atomic E-state index is 11.1. The summed E-state index contributed by atoms with van der Waals surface area (Å²) in [7, 11) is 0. The third kappa shape index (κ3) is 2.71. The summed E-state index contributed by atoms with van der Waals surface area (Å²) < 4.78 is 1.63. The van der Waals surface area contributed by atoms with E-state index in [1.807, 2.05) is 12.1 Å². The van der Waals surface area contributed by atoms with E-state index in [1.165, 1.54) is 12.3 Å². The Kier molecular flexibility index (Phi) is 3.53. The molecule has 0 radical (unpaired) electrons. The first kappa shape index (κ1) is 13.5. The van der Waals surface area contributed by atoms with Gasteiger partial charge in [0.15, 0.2) is 5.65 Å². The first-order chi connectivity index (χ1) is 10.1. The van der Waals surface area contributed by atoms with Crippen molar-refractivity contribution < 1.29 is 9.90 Å². The normalized spacial score (nSPS) is 10.9. The molecule has 0 fully saturated rings. The number of aromatic nitrogens is 4. The van der Waals surface area contributed by atoms with Gasteiger partial charge in [-0.05, 0) is 30.2 Å². The average Bonchev–Trinajstić information content (AvgIpc) is 2.90. The minimum absolute atomic E-state index is 0.109. The first-order valence-corrected chi connectivity index (χ1v) is 6.68. The van der Waals surface area contributed by atoms with Crippen molar-refractivity contribution in [1.29, 1.82) is 0 Å². The van der Waals surface area contributed by atoms with Crippen molar-refractivity contribution in [1.82, 2.24) is 19.6 Å². The molecule has 0 aliphatic rings. The summed E-state index contributed by atoms with van der Waals surface area (Å²) in [4.78, 5) is 15.1. The second kappa shape index (κ2) is 5.49. The van der Waals surface area contributed by atoms with Gasteiger partial charge in [-0.15, -0.1) is 10.2 Å². The Morgan fingerprint density at radius 3 is 2.71 bits per heavy atom. The van der Waals surface area contributed by atoms with E-state index in [2.05, 4.69) is 15.2 Å². The zero-order valence-corrected chi connectivity index (χ0v) is 11.7. The lowest BCUT2D eigenvalue weighted by atomic mass is 10.1. The number of nitrogens with zero attached hydrogens (tertiary/aromatic N) is 4. The quantitative estimate of drug-likeness (QED) is 0.799. The summed E-state index contributed by atoms with van der Waals surface area (Å²) in [6.07, 6.45) is 6.35. The molecule has 0 atom stereocenters. The molecule has 21 heavy (non-hydrogen) atoms. The highest BCUT2D eigenvalue weighted by Gasteiger charge is 2.13. The Hall–Kier alpha value is -2.47. The van der Waals surface area contributed by atoms with Crippen molar-refractivity contribution >= 4 is 23.2 Å². The Labute approximate surface area is 125 Å². The third-order valence-corrected chi connectivity index (χ3v) is 3.44. The number of rotatable bonds is 4. The maximum absolute atomic E-state index is 11.1. The van der Waals surface area contributed by atoms with Crippen molar-refractivity contribution in [3.63, 3.8) is 0 Å². The van der Waals surface area contributed by atoms with Crippen LogP contribution >= 0.6 is 11.6 Å². The van der Waals surface area contributed by atoms with Gasteiger partial charge < -0.3 is 5.11 Å². The Balaban J connectivity index is 1.94.